The van der Waals surface area contributed by atoms with Crippen molar-refractivity contribution in [1.82, 2.24) is 19.7 Å². The lowest BCUT2D eigenvalue weighted by Crippen LogP contribution is -2.21. The second-order valence-electron chi connectivity index (χ2n) is 7.01. The number of likely N-dealkylation sites (tertiary alicyclic amines) is 1. The molecule has 4 rings (SSSR count). The molecule has 1 aromatic heterocycles. The number of thioether (sulfide) groups is 1. The molecule has 1 aliphatic rings. The number of benzene rings is 2. The van der Waals surface area contributed by atoms with Crippen LogP contribution in [0.4, 0.5) is 10.1 Å². The molecule has 3 aromatic rings. The van der Waals surface area contributed by atoms with Gasteiger partial charge in [-0.05, 0) is 56.3 Å². The molecule has 9 heteroatoms. The normalized spacial score (nSPS) is 14.2. The molecule has 1 saturated heterocycles. The van der Waals surface area contributed by atoms with E-state index in [1.165, 1.54) is 36.7 Å². The molecule has 0 unspecified atom stereocenters. The van der Waals surface area contributed by atoms with E-state index in [0.29, 0.717) is 9.63 Å². The standard InChI is InChI=1S/C21H21BrFN5OS/c22-15-8-9-18(17(23)12-15)24-20(29)14-30-21-26-25-19(13-27-10-4-5-11-27)28(21)16-6-2-1-3-7-16/h1-3,6-9,12H,4-5,10-11,13-14H2,(H,24,29). The number of anilines is 1. The van der Waals surface area contributed by atoms with Crippen molar-refractivity contribution in [3.63, 3.8) is 0 Å². The Morgan fingerprint density at radius 1 is 1.13 bits per heavy atom. The third kappa shape index (κ3) is 5.08. The van der Waals surface area contributed by atoms with Gasteiger partial charge < -0.3 is 5.32 Å². The number of para-hydroxylation sites is 1. The van der Waals surface area contributed by atoms with E-state index in [9.17, 15) is 9.18 Å². The van der Waals surface area contributed by atoms with Crippen LogP contribution < -0.4 is 5.32 Å². The van der Waals surface area contributed by atoms with Crippen LogP contribution >= 0.6 is 27.7 Å². The van der Waals surface area contributed by atoms with Gasteiger partial charge in [-0.3, -0.25) is 14.3 Å². The largest absolute Gasteiger partial charge is 0.323 e. The lowest BCUT2D eigenvalue weighted by atomic mass is 10.3. The van der Waals surface area contributed by atoms with Gasteiger partial charge in [-0.25, -0.2) is 4.39 Å². The second-order valence-corrected chi connectivity index (χ2v) is 8.87. The maximum Gasteiger partial charge on any atom is 0.234 e. The second kappa shape index (κ2) is 9.72. The Bertz CT molecular complexity index is 1020. The zero-order valence-electron chi connectivity index (χ0n) is 16.2. The lowest BCUT2D eigenvalue weighted by molar-refractivity contribution is -0.113. The molecule has 1 N–H and O–H groups in total. The SMILES string of the molecule is O=C(CSc1nnc(CN2CCCC2)n1-c1ccccc1)Nc1ccc(Br)cc1F. The van der Waals surface area contributed by atoms with Crippen molar-refractivity contribution in [1.29, 1.82) is 0 Å². The first kappa shape index (κ1) is 21.0. The van der Waals surface area contributed by atoms with Crippen LogP contribution in [0, 0.1) is 5.82 Å². The predicted octanol–water partition coefficient (Wildman–Crippen LogP) is 4.50. The molecule has 0 radical (unpaired) electrons. The van der Waals surface area contributed by atoms with E-state index in [4.69, 9.17) is 0 Å². The predicted molar refractivity (Wildman–Crippen MR) is 119 cm³/mol. The van der Waals surface area contributed by atoms with Gasteiger partial charge in [-0.15, -0.1) is 10.2 Å². The van der Waals surface area contributed by atoms with E-state index in [2.05, 4.69) is 36.3 Å². The van der Waals surface area contributed by atoms with Crippen LogP contribution in [-0.2, 0) is 11.3 Å². The first-order valence-electron chi connectivity index (χ1n) is 9.70. The van der Waals surface area contributed by atoms with E-state index in [-0.39, 0.29) is 17.3 Å². The summed E-state index contributed by atoms with van der Waals surface area (Å²) in [7, 11) is 0. The van der Waals surface area contributed by atoms with E-state index in [0.717, 1.165) is 31.1 Å². The van der Waals surface area contributed by atoms with Gasteiger partial charge in [0.1, 0.15) is 5.82 Å². The van der Waals surface area contributed by atoms with E-state index < -0.39 is 5.82 Å². The average molecular weight is 490 g/mol. The highest BCUT2D eigenvalue weighted by Crippen LogP contribution is 2.25. The van der Waals surface area contributed by atoms with Crippen LogP contribution in [0.2, 0.25) is 0 Å². The highest BCUT2D eigenvalue weighted by molar-refractivity contribution is 9.10. The van der Waals surface area contributed by atoms with Gasteiger partial charge in [0.05, 0.1) is 18.0 Å². The molecule has 0 spiro atoms. The molecule has 156 valence electrons. The van der Waals surface area contributed by atoms with E-state index >= 15 is 0 Å². The number of carbonyl (C=O) groups excluding carboxylic acids is 1. The van der Waals surface area contributed by atoms with E-state index in [1.807, 2.05) is 34.9 Å². The van der Waals surface area contributed by atoms with Crippen molar-refractivity contribution >= 4 is 39.3 Å². The molecule has 0 bridgehead atoms. The van der Waals surface area contributed by atoms with Crippen molar-refractivity contribution in [2.75, 3.05) is 24.2 Å². The maximum atomic E-state index is 14.0. The maximum absolute atomic E-state index is 14.0. The van der Waals surface area contributed by atoms with Crippen LogP contribution in [0.1, 0.15) is 18.7 Å². The summed E-state index contributed by atoms with van der Waals surface area (Å²) < 4.78 is 16.6. The Morgan fingerprint density at radius 2 is 1.90 bits per heavy atom. The molecule has 30 heavy (non-hydrogen) atoms. The topological polar surface area (TPSA) is 63.1 Å². The Balaban J connectivity index is 1.49. The molecule has 1 aliphatic heterocycles. The fourth-order valence-corrected chi connectivity index (χ4v) is 4.48. The summed E-state index contributed by atoms with van der Waals surface area (Å²) in [6.45, 7) is 2.84. The first-order valence-corrected chi connectivity index (χ1v) is 11.5. The van der Waals surface area contributed by atoms with Gasteiger partial charge in [0.2, 0.25) is 5.91 Å². The summed E-state index contributed by atoms with van der Waals surface area (Å²) in [4.78, 5) is 14.7. The molecule has 0 atom stereocenters. The van der Waals surface area contributed by atoms with Crippen molar-refractivity contribution in [3.05, 3.63) is 64.6 Å². The first-order chi connectivity index (χ1) is 14.6. The highest BCUT2D eigenvalue weighted by Gasteiger charge is 2.20. The van der Waals surface area contributed by atoms with Gasteiger partial charge in [-0.2, -0.15) is 0 Å². The summed E-state index contributed by atoms with van der Waals surface area (Å²) in [5.74, 6) is 0.169. The minimum Gasteiger partial charge on any atom is -0.323 e. The Labute approximate surface area is 187 Å². The van der Waals surface area contributed by atoms with Crippen LogP contribution in [0.5, 0.6) is 0 Å². The van der Waals surface area contributed by atoms with Gasteiger partial charge in [-0.1, -0.05) is 45.9 Å². The van der Waals surface area contributed by atoms with Crippen molar-refractivity contribution in [3.8, 4) is 5.69 Å². The minimum atomic E-state index is -0.483. The number of aromatic nitrogens is 3. The quantitative estimate of drug-likeness (QED) is 0.495. The van der Waals surface area contributed by atoms with Gasteiger partial charge in [0.15, 0.2) is 11.0 Å². The monoisotopic (exact) mass is 489 g/mol. The summed E-state index contributed by atoms with van der Waals surface area (Å²) >= 11 is 4.49. The molecular formula is C21H21BrFN5OS. The number of nitrogens with one attached hydrogen (secondary N) is 1. The lowest BCUT2D eigenvalue weighted by Gasteiger charge is -2.16. The average Bonchev–Trinajstić information content (AvgIpc) is 3.39. The molecule has 2 heterocycles. The summed E-state index contributed by atoms with van der Waals surface area (Å²) in [6, 6.07) is 14.4. The van der Waals surface area contributed by atoms with Crippen LogP contribution in [0.25, 0.3) is 5.69 Å². The number of nitrogens with zero attached hydrogens (tertiary/aromatic N) is 4. The summed E-state index contributed by atoms with van der Waals surface area (Å²) in [6.07, 6.45) is 2.40. The Hall–Kier alpha value is -2.23. The summed E-state index contributed by atoms with van der Waals surface area (Å²) in [5, 5.41) is 12.0. The van der Waals surface area contributed by atoms with Crippen molar-refractivity contribution in [2.24, 2.45) is 0 Å². The molecule has 1 fully saturated rings. The smallest absolute Gasteiger partial charge is 0.234 e. The van der Waals surface area contributed by atoms with Gasteiger partial charge in [0.25, 0.3) is 0 Å². The number of hydrogen-bond acceptors (Lipinski definition) is 5. The third-order valence-electron chi connectivity index (χ3n) is 4.82. The molecule has 0 saturated carbocycles. The number of hydrogen-bond donors (Lipinski definition) is 1. The Kier molecular flexibility index (Phi) is 6.81. The molecular weight excluding hydrogens is 469 g/mol. The van der Waals surface area contributed by atoms with Crippen molar-refractivity contribution in [2.45, 2.75) is 24.5 Å². The minimum absolute atomic E-state index is 0.101. The fraction of sp³-hybridized carbons (Fsp3) is 0.286. The zero-order chi connectivity index (χ0) is 20.9. The number of rotatable bonds is 7. The Morgan fingerprint density at radius 3 is 2.63 bits per heavy atom. The van der Waals surface area contributed by atoms with Gasteiger partial charge in [0, 0.05) is 10.2 Å². The number of carbonyl (C=O) groups is 1. The molecule has 6 nitrogen and oxygen atoms in total. The number of amides is 1. The summed E-state index contributed by atoms with van der Waals surface area (Å²) in [5.41, 5.74) is 1.11. The molecule has 0 aliphatic carbocycles. The van der Waals surface area contributed by atoms with Crippen LogP contribution in [0.3, 0.4) is 0 Å². The molecule has 2 aromatic carbocycles. The fourth-order valence-electron chi connectivity index (χ4n) is 3.38. The van der Waals surface area contributed by atoms with E-state index in [1.54, 1.807) is 6.07 Å². The van der Waals surface area contributed by atoms with Crippen LogP contribution in [0.15, 0.2) is 58.2 Å². The zero-order valence-corrected chi connectivity index (χ0v) is 18.6. The third-order valence-corrected chi connectivity index (χ3v) is 6.24. The highest BCUT2D eigenvalue weighted by atomic mass is 79.9. The van der Waals surface area contributed by atoms with Crippen LogP contribution in [-0.4, -0.2) is 44.4 Å². The molecule has 1 amide bonds. The van der Waals surface area contributed by atoms with Crippen molar-refractivity contribution < 1.29 is 9.18 Å². The number of halogens is 2. The van der Waals surface area contributed by atoms with Gasteiger partial charge >= 0.3 is 0 Å².